The Morgan fingerprint density at radius 2 is 1.81 bits per heavy atom. The molecule has 4 aromatic rings. The summed E-state index contributed by atoms with van der Waals surface area (Å²) >= 11 is 1.50. The third-order valence-electron chi connectivity index (χ3n) is 4.52. The van der Waals surface area contributed by atoms with Gasteiger partial charge in [0, 0.05) is 27.8 Å². The molecule has 6 nitrogen and oxygen atoms in total. The van der Waals surface area contributed by atoms with Crippen molar-refractivity contribution in [2.75, 3.05) is 10.6 Å². The van der Waals surface area contributed by atoms with Crippen molar-refractivity contribution in [3.05, 3.63) is 77.6 Å². The van der Waals surface area contributed by atoms with Crippen LogP contribution in [0.1, 0.15) is 22.8 Å². The average Bonchev–Trinajstić information content (AvgIpc) is 3.11. The van der Waals surface area contributed by atoms with Crippen LogP contribution in [0.2, 0.25) is 0 Å². The summed E-state index contributed by atoms with van der Waals surface area (Å²) in [6.45, 7) is 3.24. The van der Waals surface area contributed by atoms with Gasteiger partial charge in [-0.15, -0.1) is 0 Å². The Balaban J connectivity index is 1.54. The zero-order chi connectivity index (χ0) is 22.0. The predicted molar refractivity (Wildman–Crippen MR) is 120 cm³/mol. The third kappa shape index (κ3) is 4.75. The highest BCUT2D eigenvalue weighted by Gasteiger charge is 2.13. The van der Waals surface area contributed by atoms with Crippen LogP contribution in [0, 0.1) is 12.7 Å². The first-order valence-corrected chi connectivity index (χ1v) is 10.3. The average molecular weight is 434 g/mol. The van der Waals surface area contributed by atoms with E-state index in [1.54, 1.807) is 12.1 Å². The van der Waals surface area contributed by atoms with Crippen LogP contribution in [-0.2, 0) is 4.79 Å². The predicted octanol–water partition coefficient (Wildman–Crippen LogP) is 5.37. The van der Waals surface area contributed by atoms with E-state index in [9.17, 15) is 14.0 Å². The monoisotopic (exact) mass is 434 g/mol. The molecule has 0 saturated heterocycles. The molecule has 0 aliphatic carbocycles. The van der Waals surface area contributed by atoms with Gasteiger partial charge in [0.2, 0.25) is 5.91 Å². The van der Waals surface area contributed by atoms with Crippen molar-refractivity contribution in [3.63, 3.8) is 0 Å². The molecule has 3 aromatic carbocycles. The van der Waals surface area contributed by atoms with Gasteiger partial charge in [0.05, 0.1) is 11.1 Å². The minimum Gasteiger partial charge on any atom is -0.322 e. The van der Waals surface area contributed by atoms with Crippen LogP contribution >= 0.6 is 11.8 Å². The second kappa shape index (κ2) is 8.61. The summed E-state index contributed by atoms with van der Waals surface area (Å²) in [4.78, 5) is 25.7. The molecule has 0 aliphatic heterocycles. The summed E-state index contributed by atoms with van der Waals surface area (Å²) in [6, 6.07) is 17.5. The number of aromatic nitrogens is 2. The quantitative estimate of drug-likeness (QED) is 0.394. The number of carbonyl (C=O) groups excluding carboxylic acids is 2. The van der Waals surface area contributed by atoms with Gasteiger partial charge in [-0.3, -0.25) is 14.7 Å². The molecule has 31 heavy (non-hydrogen) atoms. The van der Waals surface area contributed by atoms with E-state index in [1.807, 2.05) is 43.3 Å². The fourth-order valence-electron chi connectivity index (χ4n) is 3.10. The van der Waals surface area contributed by atoms with E-state index in [2.05, 4.69) is 20.8 Å². The first kappa shape index (κ1) is 20.6. The van der Waals surface area contributed by atoms with Crippen LogP contribution in [0.15, 0.2) is 70.5 Å². The standard InChI is InChI=1S/C23H19FN4O2S/c1-13-6-8-20(24)18(10-13)23(30)26-15-4-3-5-16(11-15)31-17-7-9-21-19(12-17)22(28-27-21)25-14(2)29/h3-12H,1-2H3,(H,26,30)(H2,25,27,28,29). The second-order valence-corrected chi connectivity index (χ2v) is 8.18. The number of rotatable bonds is 5. The first-order valence-electron chi connectivity index (χ1n) is 9.50. The van der Waals surface area contributed by atoms with Crippen molar-refractivity contribution in [2.24, 2.45) is 0 Å². The van der Waals surface area contributed by atoms with Crippen molar-refractivity contribution < 1.29 is 14.0 Å². The van der Waals surface area contributed by atoms with Crippen LogP contribution in [0.3, 0.4) is 0 Å². The van der Waals surface area contributed by atoms with E-state index in [0.29, 0.717) is 11.5 Å². The summed E-state index contributed by atoms with van der Waals surface area (Å²) in [5.41, 5.74) is 2.20. The molecule has 0 radical (unpaired) electrons. The molecule has 3 N–H and O–H groups in total. The zero-order valence-electron chi connectivity index (χ0n) is 16.8. The first-order chi connectivity index (χ1) is 14.9. The molecule has 0 spiro atoms. The Kier molecular flexibility index (Phi) is 5.73. The molecule has 0 unspecified atom stereocenters. The summed E-state index contributed by atoms with van der Waals surface area (Å²) < 4.78 is 14.0. The van der Waals surface area contributed by atoms with Crippen LogP contribution in [0.25, 0.3) is 10.9 Å². The summed E-state index contributed by atoms with van der Waals surface area (Å²) in [5, 5.41) is 13.3. The molecule has 0 aliphatic rings. The summed E-state index contributed by atoms with van der Waals surface area (Å²) in [6.07, 6.45) is 0. The lowest BCUT2D eigenvalue weighted by Crippen LogP contribution is -2.14. The fourth-order valence-corrected chi connectivity index (χ4v) is 4.02. The van der Waals surface area contributed by atoms with Crippen molar-refractivity contribution in [2.45, 2.75) is 23.6 Å². The van der Waals surface area contributed by atoms with Crippen LogP contribution < -0.4 is 10.6 Å². The number of halogens is 1. The number of nitrogens with zero attached hydrogens (tertiary/aromatic N) is 1. The number of fused-ring (bicyclic) bond motifs is 1. The molecule has 2 amide bonds. The van der Waals surface area contributed by atoms with Crippen molar-refractivity contribution in [1.82, 2.24) is 10.2 Å². The molecule has 4 rings (SSSR count). The molecule has 0 fully saturated rings. The maximum absolute atomic E-state index is 14.0. The molecule has 1 heterocycles. The van der Waals surface area contributed by atoms with Crippen molar-refractivity contribution in [1.29, 1.82) is 0 Å². The maximum Gasteiger partial charge on any atom is 0.258 e. The number of anilines is 2. The number of hydrogen-bond donors (Lipinski definition) is 3. The number of carbonyl (C=O) groups is 2. The number of amides is 2. The van der Waals surface area contributed by atoms with Crippen LogP contribution in [0.4, 0.5) is 15.9 Å². The molecular weight excluding hydrogens is 415 g/mol. The number of H-pyrrole nitrogens is 1. The van der Waals surface area contributed by atoms with E-state index in [4.69, 9.17) is 0 Å². The van der Waals surface area contributed by atoms with Gasteiger partial charge in [0.1, 0.15) is 5.82 Å². The van der Waals surface area contributed by atoms with Gasteiger partial charge < -0.3 is 10.6 Å². The number of aryl methyl sites for hydroxylation is 1. The molecule has 8 heteroatoms. The molecular formula is C23H19FN4O2S. The van der Waals surface area contributed by atoms with Crippen molar-refractivity contribution >= 4 is 46.0 Å². The maximum atomic E-state index is 14.0. The van der Waals surface area contributed by atoms with E-state index in [-0.39, 0.29) is 11.5 Å². The molecule has 0 atom stereocenters. The Morgan fingerprint density at radius 3 is 2.61 bits per heavy atom. The van der Waals surface area contributed by atoms with Gasteiger partial charge in [-0.2, -0.15) is 5.10 Å². The topological polar surface area (TPSA) is 86.9 Å². The van der Waals surface area contributed by atoms with E-state index < -0.39 is 11.7 Å². The highest BCUT2D eigenvalue weighted by molar-refractivity contribution is 7.99. The third-order valence-corrected chi connectivity index (χ3v) is 5.50. The summed E-state index contributed by atoms with van der Waals surface area (Å²) in [7, 11) is 0. The van der Waals surface area contributed by atoms with Gasteiger partial charge in [0.15, 0.2) is 5.82 Å². The zero-order valence-corrected chi connectivity index (χ0v) is 17.6. The van der Waals surface area contributed by atoms with E-state index in [1.165, 1.54) is 30.8 Å². The lowest BCUT2D eigenvalue weighted by Gasteiger charge is -2.09. The molecule has 156 valence electrons. The number of nitrogens with one attached hydrogen (secondary N) is 3. The normalized spacial score (nSPS) is 10.8. The largest absolute Gasteiger partial charge is 0.322 e. The van der Waals surface area contributed by atoms with E-state index >= 15 is 0 Å². The van der Waals surface area contributed by atoms with Gasteiger partial charge in [-0.25, -0.2) is 4.39 Å². The van der Waals surface area contributed by atoms with Crippen LogP contribution in [-0.4, -0.2) is 22.0 Å². The van der Waals surface area contributed by atoms with Crippen LogP contribution in [0.5, 0.6) is 0 Å². The number of hydrogen-bond acceptors (Lipinski definition) is 4. The number of benzene rings is 3. The minimum atomic E-state index is -0.558. The smallest absolute Gasteiger partial charge is 0.258 e. The second-order valence-electron chi connectivity index (χ2n) is 7.03. The lowest BCUT2D eigenvalue weighted by atomic mass is 10.1. The molecule has 0 saturated carbocycles. The van der Waals surface area contributed by atoms with Gasteiger partial charge >= 0.3 is 0 Å². The van der Waals surface area contributed by atoms with Crippen molar-refractivity contribution in [3.8, 4) is 0 Å². The highest BCUT2D eigenvalue weighted by Crippen LogP contribution is 2.33. The highest BCUT2D eigenvalue weighted by atomic mass is 32.2. The Morgan fingerprint density at radius 1 is 1.00 bits per heavy atom. The lowest BCUT2D eigenvalue weighted by molar-refractivity contribution is -0.114. The van der Waals surface area contributed by atoms with Gasteiger partial charge in [-0.05, 0) is 55.5 Å². The molecule has 0 bridgehead atoms. The fraction of sp³-hybridized carbons (Fsp3) is 0.0870. The van der Waals surface area contributed by atoms with Gasteiger partial charge in [0.25, 0.3) is 5.91 Å². The SMILES string of the molecule is CC(=O)Nc1n[nH]c2ccc(Sc3cccc(NC(=O)c4cc(C)ccc4F)c3)cc12. The van der Waals surface area contributed by atoms with E-state index in [0.717, 1.165) is 26.3 Å². The van der Waals surface area contributed by atoms with Gasteiger partial charge in [-0.1, -0.05) is 29.5 Å². The Bertz CT molecular complexity index is 1300. The number of aromatic amines is 1. The summed E-state index contributed by atoms with van der Waals surface area (Å²) in [5.74, 6) is -0.772. The molecule has 1 aromatic heterocycles. The minimum absolute atomic E-state index is 0.00830. The Labute approximate surface area is 182 Å². The Hall–Kier alpha value is -3.65.